The number of Topliss-reactive ketones (excluding diaryl/α,β-unsaturated/α-hetero) is 1. The van der Waals surface area contributed by atoms with Crippen molar-refractivity contribution in [2.24, 2.45) is 0 Å². The first kappa shape index (κ1) is 20.5. The summed E-state index contributed by atoms with van der Waals surface area (Å²) in [6.45, 7) is 2.57. The summed E-state index contributed by atoms with van der Waals surface area (Å²) < 4.78 is 7.59. The molecule has 3 heterocycles. The Morgan fingerprint density at radius 2 is 1.94 bits per heavy atom. The van der Waals surface area contributed by atoms with E-state index in [2.05, 4.69) is 21.2 Å². The van der Waals surface area contributed by atoms with Gasteiger partial charge in [-0.1, -0.05) is 36.0 Å². The SMILES string of the molecule is CCOc1ccc(-n2c(SCC(=O)c3cccs3)nnc2-c2c[nH]c3ccccc23)cc1. The third-order valence-electron chi connectivity index (χ3n) is 5.00. The Labute approximate surface area is 193 Å². The molecule has 5 aromatic rings. The summed E-state index contributed by atoms with van der Waals surface area (Å²) >= 11 is 2.85. The Morgan fingerprint density at radius 3 is 2.72 bits per heavy atom. The van der Waals surface area contributed by atoms with E-state index in [0.29, 0.717) is 17.5 Å². The van der Waals surface area contributed by atoms with Crippen molar-refractivity contribution in [1.29, 1.82) is 0 Å². The smallest absolute Gasteiger partial charge is 0.196 e. The number of ketones is 1. The minimum absolute atomic E-state index is 0.0832. The largest absolute Gasteiger partial charge is 0.494 e. The number of rotatable bonds is 8. The lowest BCUT2D eigenvalue weighted by Gasteiger charge is -2.11. The van der Waals surface area contributed by atoms with Crippen molar-refractivity contribution in [3.05, 3.63) is 77.1 Å². The summed E-state index contributed by atoms with van der Waals surface area (Å²) in [5.41, 5.74) is 2.90. The van der Waals surface area contributed by atoms with E-state index >= 15 is 0 Å². The number of benzene rings is 2. The molecule has 0 saturated heterocycles. The first-order chi connectivity index (χ1) is 15.7. The van der Waals surface area contributed by atoms with Gasteiger partial charge in [0.25, 0.3) is 0 Å². The second-order valence-electron chi connectivity index (χ2n) is 7.01. The topological polar surface area (TPSA) is 72.8 Å². The number of ether oxygens (including phenoxy) is 1. The standard InChI is InChI=1S/C24H20N4O2S2/c1-2-30-17-11-9-16(10-12-17)28-23(19-14-25-20-7-4-3-6-18(19)20)26-27-24(28)32-15-21(29)22-8-5-13-31-22/h3-14,25H,2,15H2,1H3. The molecule has 160 valence electrons. The fourth-order valence-corrected chi connectivity index (χ4v) is 5.11. The maximum Gasteiger partial charge on any atom is 0.196 e. The molecule has 32 heavy (non-hydrogen) atoms. The normalized spacial score (nSPS) is 11.2. The number of hydrogen-bond acceptors (Lipinski definition) is 6. The molecular weight excluding hydrogens is 440 g/mol. The summed E-state index contributed by atoms with van der Waals surface area (Å²) in [7, 11) is 0. The Bertz CT molecular complexity index is 1350. The van der Waals surface area contributed by atoms with Gasteiger partial charge in [-0.3, -0.25) is 9.36 Å². The Balaban J connectivity index is 1.55. The van der Waals surface area contributed by atoms with Crippen LogP contribution in [0, 0.1) is 0 Å². The maximum atomic E-state index is 12.6. The van der Waals surface area contributed by atoms with E-state index in [4.69, 9.17) is 4.74 Å². The molecule has 0 aliphatic carbocycles. The molecule has 0 bridgehead atoms. The van der Waals surface area contributed by atoms with Crippen molar-refractivity contribution in [2.45, 2.75) is 12.1 Å². The molecule has 3 aromatic heterocycles. The second-order valence-corrected chi connectivity index (χ2v) is 8.90. The van der Waals surface area contributed by atoms with Crippen LogP contribution in [-0.4, -0.2) is 37.9 Å². The van der Waals surface area contributed by atoms with Gasteiger partial charge in [0.05, 0.1) is 17.2 Å². The molecule has 1 N–H and O–H groups in total. The molecule has 0 amide bonds. The van der Waals surface area contributed by atoms with E-state index in [-0.39, 0.29) is 5.78 Å². The van der Waals surface area contributed by atoms with Gasteiger partial charge in [0.1, 0.15) is 5.75 Å². The van der Waals surface area contributed by atoms with Crippen molar-refractivity contribution in [3.8, 4) is 22.8 Å². The fraction of sp³-hybridized carbons (Fsp3) is 0.125. The number of H-pyrrole nitrogens is 1. The van der Waals surface area contributed by atoms with Crippen molar-refractivity contribution < 1.29 is 9.53 Å². The molecule has 0 fully saturated rings. The van der Waals surface area contributed by atoms with Crippen LogP contribution in [0.2, 0.25) is 0 Å². The van der Waals surface area contributed by atoms with Crippen molar-refractivity contribution in [3.63, 3.8) is 0 Å². The molecule has 0 saturated carbocycles. The summed E-state index contributed by atoms with van der Waals surface area (Å²) in [6.07, 6.45) is 1.95. The lowest BCUT2D eigenvalue weighted by Crippen LogP contribution is -2.03. The number of aromatic amines is 1. The van der Waals surface area contributed by atoms with Gasteiger partial charge >= 0.3 is 0 Å². The van der Waals surface area contributed by atoms with Gasteiger partial charge in [-0.05, 0) is 48.7 Å². The number of nitrogens with one attached hydrogen (secondary N) is 1. The van der Waals surface area contributed by atoms with Crippen molar-refractivity contribution in [1.82, 2.24) is 19.7 Å². The fourth-order valence-electron chi connectivity index (χ4n) is 3.52. The summed E-state index contributed by atoms with van der Waals surface area (Å²) in [4.78, 5) is 16.6. The number of carbonyl (C=O) groups is 1. The van der Waals surface area contributed by atoms with Crippen LogP contribution in [0.5, 0.6) is 5.75 Å². The second kappa shape index (κ2) is 9.02. The van der Waals surface area contributed by atoms with Gasteiger partial charge in [-0.15, -0.1) is 21.5 Å². The first-order valence-corrected chi connectivity index (χ1v) is 12.1. The number of aromatic nitrogens is 4. The van der Waals surface area contributed by atoms with E-state index in [1.165, 1.54) is 23.1 Å². The highest BCUT2D eigenvalue weighted by molar-refractivity contribution is 7.99. The summed E-state index contributed by atoms with van der Waals surface area (Å²) in [6, 6.07) is 19.7. The highest BCUT2D eigenvalue weighted by Crippen LogP contribution is 2.33. The van der Waals surface area contributed by atoms with Crippen LogP contribution in [-0.2, 0) is 0 Å². The molecule has 6 nitrogen and oxygen atoms in total. The molecule has 5 rings (SSSR count). The molecule has 0 aliphatic rings. The molecule has 8 heteroatoms. The number of hydrogen-bond donors (Lipinski definition) is 1. The average molecular weight is 461 g/mol. The number of fused-ring (bicyclic) bond motifs is 1. The van der Waals surface area contributed by atoms with E-state index in [1.54, 1.807) is 0 Å². The average Bonchev–Trinajstić information content (AvgIpc) is 3.57. The molecule has 0 radical (unpaired) electrons. The predicted molar refractivity (Wildman–Crippen MR) is 129 cm³/mol. The molecular formula is C24H20N4O2S2. The van der Waals surface area contributed by atoms with E-state index in [9.17, 15) is 4.79 Å². The van der Waals surface area contributed by atoms with Gasteiger partial charge in [0.15, 0.2) is 16.8 Å². The first-order valence-electron chi connectivity index (χ1n) is 10.2. The number of para-hydroxylation sites is 1. The summed E-state index contributed by atoms with van der Waals surface area (Å²) in [5.74, 6) is 1.90. The third kappa shape index (κ3) is 3.94. The van der Waals surface area contributed by atoms with Gasteiger partial charge < -0.3 is 9.72 Å². The number of thiophene rings is 1. The molecule has 0 unspecified atom stereocenters. The zero-order valence-corrected chi connectivity index (χ0v) is 19.0. The third-order valence-corrected chi connectivity index (χ3v) is 6.84. The zero-order valence-electron chi connectivity index (χ0n) is 17.3. The number of thioether (sulfide) groups is 1. The number of nitrogens with zero attached hydrogens (tertiary/aromatic N) is 3. The lowest BCUT2D eigenvalue weighted by molar-refractivity contribution is 0.102. The van der Waals surface area contributed by atoms with Crippen LogP contribution in [0.1, 0.15) is 16.6 Å². The van der Waals surface area contributed by atoms with Gasteiger partial charge in [0.2, 0.25) is 0 Å². The van der Waals surface area contributed by atoms with Crippen LogP contribution >= 0.6 is 23.1 Å². The quantitative estimate of drug-likeness (QED) is 0.232. The molecule has 0 atom stereocenters. The van der Waals surface area contributed by atoms with Gasteiger partial charge in [-0.25, -0.2) is 0 Å². The van der Waals surface area contributed by atoms with Crippen LogP contribution in [0.25, 0.3) is 28.0 Å². The van der Waals surface area contributed by atoms with Gasteiger partial charge in [-0.2, -0.15) is 0 Å². The Hall–Kier alpha value is -3.36. The van der Waals surface area contributed by atoms with E-state index in [1.807, 2.05) is 77.7 Å². The monoisotopic (exact) mass is 460 g/mol. The maximum absolute atomic E-state index is 12.6. The van der Waals surface area contributed by atoms with Crippen LogP contribution < -0.4 is 4.74 Å². The summed E-state index contributed by atoms with van der Waals surface area (Å²) in [5, 5.41) is 12.6. The Morgan fingerprint density at radius 1 is 1.09 bits per heavy atom. The van der Waals surface area contributed by atoms with Crippen LogP contribution in [0.4, 0.5) is 0 Å². The van der Waals surface area contributed by atoms with Gasteiger partial charge in [0, 0.05) is 28.4 Å². The molecule has 0 spiro atoms. The highest BCUT2D eigenvalue weighted by atomic mass is 32.2. The minimum Gasteiger partial charge on any atom is -0.494 e. The van der Waals surface area contributed by atoms with Crippen LogP contribution in [0.15, 0.2) is 77.4 Å². The van der Waals surface area contributed by atoms with Crippen LogP contribution in [0.3, 0.4) is 0 Å². The van der Waals surface area contributed by atoms with Crippen molar-refractivity contribution in [2.75, 3.05) is 12.4 Å². The Kier molecular flexibility index (Phi) is 5.79. The van der Waals surface area contributed by atoms with E-state index in [0.717, 1.165) is 38.6 Å². The minimum atomic E-state index is 0.0832. The highest BCUT2D eigenvalue weighted by Gasteiger charge is 2.20. The van der Waals surface area contributed by atoms with E-state index < -0.39 is 0 Å². The predicted octanol–water partition coefficient (Wildman–Crippen LogP) is 5.85. The zero-order chi connectivity index (χ0) is 21.9. The lowest BCUT2D eigenvalue weighted by atomic mass is 10.1. The van der Waals surface area contributed by atoms with Crippen molar-refractivity contribution >= 4 is 39.8 Å². The molecule has 2 aromatic carbocycles. The molecule has 0 aliphatic heterocycles. The number of carbonyl (C=O) groups excluding carboxylic acids is 1.